The first-order valence-electron chi connectivity index (χ1n) is 7.44. The van der Waals surface area contributed by atoms with Crippen molar-refractivity contribution in [3.05, 3.63) is 0 Å². The molecule has 1 aliphatic rings. The van der Waals surface area contributed by atoms with Gasteiger partial charge in [0, 0.05) is 38.8 Å². The van der Waals surface area contributed by atoms with Gasteiger partial charge in [0.1, 0.15) is 0 Å². The zero-order chi connectivity index (χ0) is 13.4. The van der Waals surface area contributed by atoms with Gasteiger partial charge in [-0.3, -0.25) is 0 Å². The van der Waals surface area contributed by atoms with Crippen LogP contribution in [-0.4, -0.2) is 73.4 Å². The maximum Gasteiger partial charge on any atom is 0.0585 e. The monoisotopic (exact) mass is 257 g/mol. The van der Waals surface area contributed by atoms with Crippen LogP contribution in [0, 0.1) is 5.92 Å². The number of nitrogens with zero attached hydrogens (tertiary/aromatic N) is 2. The Balaban J connectivity index is 2.15. The first kappa shape index (κ1) is 15.9. The van der Waals surface area contributed by atoms with Crippen LogP contribution in [0.15, 0.2) is 0 Å². The number of hydrogen-bond acceptors (Lipinski definition) is 4. The van der Waals surface area contributed by atoms with Crippen LogP contribution < -0.4 is 5.32 Å². The summed E-state index contributed by atoms with van der Waals surface area (Å²) in [5.74, 6) is 0.768. The van der Waals surface area contributed by atoms with Crippen LogP contribution in [0.4, 0.5) is 0 Å². The van der Waals surface area contributed by atoms with Gasteiger partial charge in [0.15, 0.2) is 0 Å². The second kappa shape index (κ2) is 8.86. The third-order valence-corrected chi connectivity index (χ3v) is 3.60. The van der Waals surface area contributed by atoms with Crippen molar-refractivity contribution in [1.29, 1.82) is 0 Å². The van der Waals surface area contributed by atoms with E-state index in [1.165, 1.54) is 32.7 Å². The molecule has 0 aliphatic carbocycles. The lowest BCUT2D eigenvalue weighted by Gasteiger charge is -2.36. The molecular formula is C14H31N3O. The van der Waals surface area contributed by atoms with Crippen molar-refractivity contribution in [3.63, 3.8) is 0 Å². The van der Waals surface area contributed by atoms with E-state index in [0.717, 1.165) is 25.4 Å². The molecule has 0 saturated carbocycles. The quantitative estimate of drug-likeness (QED) is 0.669. The zero-order valence-corrected chi connectivity index (χ0v) is 12.4. The highest BCUT2D eigenvalue weighted by molar-refractivity contribution is 4.75. The number of likely N-dealkylation sites (N-methyl/N-ethyl adjacent to an activating group) is 1. The average molecular weight is 257 g/mol. The van der Waals surface area contributed by atoms with E-state index in [0.29, 0.717) is 0 Å². The smallest absolute Gasteiger partial charge is 0.0585 e. The molecule has 1 saturated heterocycles. The highest BCUT2D eigenvalue weighted by Crippen LogP contribution is 2.06. The minimum Gasteiger partial charge on any atom is -0.395 e. The lowest BCUT2D eigenvalue weighted by molar-refractivity contribution is 0.115. The van der Waals surface area contributed by atoms with E-state index in [-0.39, 0.29) is 12.6 Å². The second-order valence-corrected chi connectivity index (χ2v) is 5.76. The number of rotatable bonds is 8. The van der Waals surface area contributed by atoms with Gasteiger partial charge < -0.3 is 20.2 Å². The summed E-state index contributed by atoms with van der Waals surface area (Å²) in [6.07, 6.45) is 1.05. The molecule has 4 heteroatoms. The van der Waals surface area contributed by atoms with E-state index >= 15 is 0 Å². The molecule has 1 atom stereocenters. The highest BCUT2D eigenvalue weighted by Gasteiger charge is 2.18. The summed E-state index contributed by atoms with van der Waals surface area (Å²) < 4.78 is 0. The topological polar surface area (TPSA) is 38.7 Å². The van der Waals surface area contributed by atoms with E-state index in [9.17, 15) is 5.11 Å². The Labute approximate surface area is 112 Å². The SMILES string of the molecule is CCNC(CO)CCN1CCN(CC(C)C)CC1. The molecule has 2 N–H and O–H groups in total. The number of aliphatic hydroxyl groups is 1. The van der Waals surface area contributed by atoms with E-state index in [1.54, 1.807) is 0 Å². The Hall–Kier alpha value is -0.160. The van der Waals surface area contributed by atoms with E-state index in [4.69, 9.17) is 0 Å². The third kappa shape index (κ3) is 6.14. The van der Waals surface area contributed by atoms with Crippen molar-refractivity contribution >= 4 is 0 Å². The summed E-state index contributed by atoms with van der Waals surface area (Å²) in [4.78, 5) is 5.09. The van der Waals surface area contributed by atoms with Crippen LogP contribution in [0.3, 0.4) is 0 Å². The first-order chi connectivity index (χ1) is 8.65. The maximum absolute atomic E-state index is 9.24. The summed E-state index contributed by atoms with van der Waals surface area (Å²) >= 11 is 0. The first-order valence-corrected chi connectivity index (χ1v) is 7.44. The Kier molecular flexibility index (Phi) is 7.82. The normalized spacial score (nSPS) is 20.5. The largest absolute Gasteiger partial charge is 0.395 e. The second-order valence-electron chi connectivity index (χ2n) is 5.76. The van der Waals surface area contributed by atoms with Crippen molar-refractivity contribution in [3.8, 4) is 0 Å². The van der Waals surface area contributed by atoms with Crippen LogP contribution >= 0.6 is 0 Å². The Bertz CT molecular complexity index is 203. The minimum atomic E-state index is 0.251. The fraction of sp³-hybridized carbons (Fsp3) is 1.00. The predicted molar refractivity (Wildman–Crippen MR) is 76.9 cm³/mol. The maximum atomic E-state index is 9.24. The van der Waals surface area contributed by atoms with Gasteiger partial charge in [-0.2, -0.15) is 0 Å². The van der Waals surface area contributed by atoms with Crippen LogP contribution in [0.1, 0.15) is 27.2 Å². The van der Waals surface area contributed by atoms with E-state index in [1.807, 2.05) is 0 Å². The minimum absolute atomic E-state index is 0.251. The van der Waals surface area contributed by atoms with Crippen molar-refractivity contribution < 1.29 is 5.11 Å². The van der Waals surface area contributed by atoms with Gasteiger partial charge in [-0.05, 0) is 25.4 Å². The molecule has 0 amide bonds. The molecule has 108 valence electrons. The van der Waals surface area contributed by atoms with Crippen molar-refractivity contribution in [2.24, 2.45) is 5.92 Å². The molecule has 0 aromatic carbocycles. The lowest BCUT2D eigenvalue weighted by Crippen LogP contribution is -2.48. The molecule has 1 aliphatic heterocycles. The van der Waals surface area contributed by atoms with Crippen LogP contribution in [0.5, 0.6) is 0 Å². The molecule has 18 heavy (non-hydrogen) atoms. The van der Waals surface area contributed by atoms with Gasteiger partial charge in [-0.1, -0.05) is 20.8 Å². The van der Waals surface area contributed by atoms with Gasteiger partial charge in [-0.15, -0.1) is 0 Å². The molecule has 1 unspecified atom stereocenters. The molecule has 1 heterocycles. The van der Waals surface area contributed by atoms with Crippen molar-refractivity contribution in [2.75, 3.05) is 52.4 Å². The van der Waals surface area contributed by atoms with Gasteiger partial charge >= 0.3 is 0 Å². The molecule has 0 spiro atoms. The number of nitrogens with one attached hydrogen (secondary N) is 1. The molecule has 4 nitrogen and oxygen atoms in total. The summed E-state index contributed by atoms with van der Waals surface area (Å²) in [6, 6.07) is 0.267. The fourth-order valence-corrected chi connectivity index (χ4v) is 2.60. The molecule has 1 fully saturated rings. The van der Waals surface area contributed by atoms with Crippen LogP contribution in [0.2, 0.25) is 0 Å². The average Bonchev–Trinajstić information content (AvgIpc) is 2.35. The van der Waals surface area contributed by atoms with Gasteiger partial charge in [-0.25, -0.2) is 0 Å². The molecule has 0 radical (unpaired) electrons. The Morgan fingerprint density at radius 3 is 2.22 bits per heavy atom. The van der Waals surface area contributed by atoms with Gasteiger partial charge in [0.25, 0.3) is 0 Å². The standard InChI is InChI=1S/C14H31N3O/c1-4-15-14(12-18)5-6-16-7-9-17(10-8-16)11-13(2)3/h13-15,18H,4-12H2,1-3H3. The summed E-state index contributed by atoms with van der Waals surface area (Å²) in [6.45, 7) is 14.9. The molecule has 0 aromatic heterocycles. The zero-order valence-electron chi connectivity index (χ0n) is 12.4. The molecule has 0 bridgehead atoms. The highest BCUT2D eigenvalue weighted by atomic mass is 16.3. The van der Waals surface area contributed by atoms with E-state index in [2.05, 4.69) is 35.9 Å². The predicted octanol–water partition coefficient (Wildman–Crippen LogP) is 0.621. The summed E-state index contributed by atoms with van der Waals surface area (Å²) in [5.41, 5.74) is 0. The Morgan fingerprint density at radius 2 is 1.72 bits per heavy atom. The number of piperazine rings is 1. The van der Waals surface area contributed by atoms with Crippen molar-refractivity contribution in [1.82, 2.24) is 15.1 Å². The van der Waals surface area contributed by atoms with Crippen molar-refractivity contribution in [2.45, 2.75) is 33.2 Å². The van der Waals surface area contributed by atoms with E-state index < -0.39 is 0 Å². The molecular weight excluding hydrogens is 226 g/mol. The lowest BCUT2D eigenvalue weighted by atomic mass is 10.1. The molecule has 0 aromatic rings. The van der Waals surface area contributed by atoms with Gasteiger partial charge in [0.2, 0.25) is 0 Å². The Morgan fingerprint density at radius 1 is 1.11 bits per heavy atom. The summed E-state index contributed by atoms with van der Waals surface area (Å²) in [5, 5.41) is 12.6. The number of hydrogen-bond donors (Lipinski definition) is 2. The number of aliphatic hydroxyl groups excluding tert-OH is 1. The molecule has 1 rings (SSSR count). The summed E-state index contributed by atoms with van der Waals surface area (Å²) in [7, 11) is 0. The third-order valence-electron chi connectivity index (χ3n) is 3.60. The van der Waals surface area contributed by atoms with Gasteiger partial charge in [0.05, 0.1) is 6.61 Å². The fourth-order valence-electron chi connectivity index (χ4n) is 2.60. The van der Waals surface area contributed by atoms with Crippen LogP contribution in [-0.2, 0) is 0 Å². The van der Waals surface area contributed by atoms with Crippen LogP contribution in [0.25, 0.3) is 0 Å².